The van der Waals surface area contributed by atoms with Gasteiger partial charge in [0, 0.05) is 6.54 Å². The fourth-order valence-corrected chi connectivity index (χ4v) is 1.48. The lowest BCUT2D eigenvalue weighted by molar-refractivity contribution is 0.277. The summed E-state index contributed by atoms with van der Waals surface area (Å²) in [6.07, 6.45) is 1.92. The highest BCUT2D eigenvalue weighted by molar-refractivity contribution is 5.07. The van der Waals surface area contributed by atoms with Gasteiger partial charge in [-0.3, -0.25) is 4.90 Å². The third kappa shape index (κ3) is 3.90. The first-order chi connectivity index (χ1) is 7.30. The Morgan fingerprint density at radius 1 is 1.47 bits per heavy atom. The fraction of sp³-hybridized carbons (Fsp3) is 0.500. The van der Waals surface area contributed by atoms with Crippen molar-refractivity contribution in [3.8, 4) is 0 Å². The molecule has 3 heteroatoms. The van der Waals surface area contributed by atoms with Crippen molar-refractivity contribution in [3.05, 3.63) is 36.3 Å². The van der Waals surface area contributed by atoms with Crippen molar-refractivity contribution in [1.29, 1.82) is 0 Å². The SMILES string of the molecule is C=CCN(CC)Cc1ccc(CNC)o1. The molecule has 3 nitrogen and oxygen atoms in total. The van der Waals surface area contributed by atoms with Crippen LogP contribution in [0.4, 0.5) is 0 Å². The van der Waals surface area contributed by atoms with Gasteiger partial charge in [0.25, 0.3) is 0 Å². The second-order valence-electron chi connectivity index (χ2n) is 3.51. The standard InChI is InChI=1S/C12H20N2O/c1-4-8-14(5-2)10-12-7-6-11(15-12)9-13-3/h4,6-7,13H,1,5,8-10H2,2-3H3. The molecule has 0 amide bonds. The Balaban J connectivity index is 2.50. The first-order valence-corrected chi connectivity index (χ1v) is 5.35. The predicted molar refractivity (Wildman–Crippen MR) is 62.6 cm³/mol. The molecular weight excluding hydrogens is 188 g/mol. The number of hydrogen-bond donors (Lipinski definition) is 1. The van der Waals surface area contributed by atoms with E-state index in [1.807, 2.05) is 25.3 Å². The molecule has 15 heavy (non-hydrogen) atoms. The zero-order valence-electron chi connectivity index (χ0n) is 9.62. The predicted octanol–water partition coefficient (Wildman–Crippen LogP) is 2.01. The summed E-state index contributed by atoms with van der Waals surface area (Å²) in [5, 5.41) is 3.07. The molecule has 0 saturated heterocycles. The summed E-state index contributed by atoms with van der Waals surface area (Å²) in [4.78, 5) is 2.27. The van der Waals surface area contributed by atoms with Gasteiger partial charge in [-0.15, -0.1) is 6.58 Å². The normalized spacial score (nSPS) is 10.9. The lowest BCUT2D eigenvalue weighted by Gasteiger charge is -2.16. The molecule has 0 saturated carbocycles. The zero-order chi connectivity index (χ0) is 11.1. The number of rotatable bonds is 7. The molecule has 0 unspecified atom stereocenters. The molecule has 0 aromatic carbocycles. The van der Waals surface area contributed by atoms with Crippen molar-refractivity contribution in [2.75, 3.05) is 20.1 Å². The van der Waals surface area contributed by atoms with E-state index < -0.39 is 0 Å². The summed E-state index contributed by atoms with van der Waals surface area (Å²) in [6.45, 7) is 9.43. The van der Waals surface area contributed by atoms with Crippen LogP contribution in [0.15, 0.2) is 29.2 Å². The van der Waals surface area contributed by atoms with Crippen LogP contribution in [0.2, 0.25) is 0 Å². The third-order valence-electron chi connectivity index (χ3n) is 2.28. The molecule has 0 spiro atoms. The van der Waals surface area contributed by atoms with Crippen LogP contribution in [0.3, 0.4) is 0 Å². The van der Waals surface area contributed by atoms with E-state index in [4.69, 9.17) is 4.42 Å². The molecule has 1 rings (SSSR count). The van der Waals surface area contributed by atoms with E-state index in [1.54, 1.807) is 0 Å². The first-order valence-electron chi connectivity index (χ1n) is 5.35. The van der Waals surface area contributed by atoms with Gasteiger partial charge in [-0.2, -0.15) is 0 Å². The van der Waals surface area contributed by atoms with Crippen molar-refractivity contribution in [3.63, 3.8) is 0 Å². The summed E-state index contributed by atoms with van der Waals surface area (Å²) in [5.41, 5.74) is 0. The van der Waals surface area contributed by atoms with Crippen molar-refractivity contribution >= 4 is 0 Å². The maximum Gasteiger partial charge on any atom is 0.118 e. The Hall–Kier alpha value is -1.06. The Morgan fingerprint density at radius 2 is 2.20 bits per heavy atom. The van der Waals surface area contributed by atoms with Gasteiger partial charge in [0.2, 0.25) is 0 Å². The van der Waals surface area contributed by atoms with Crippen LogP contribution < -0.4 is 5.32 Å². The average Bonchev–Trinajstić information content (AvgIpc) is 2.66. The third-order valence-corrected chi connectivity index (χ3v) is 2.28. The van der Waals surface area contributed by atoms with Gasteiger partial charge < -0.3 is 9.73 Å². The van der Waals surface area contributed by atoms with Gasteiger partial charge in [-0.25, -0.2) is 0 Å². The van der Waals surface area contributed by atoms with Gasteiger partial charge in [0.05, 0.1) is 13.1 Å². The Kier molecular flexibility index (Phi) is 5.15. The summed E-state index contributed by atoms with van der Waals surface area (Å²) in [6, 6.07) is 4.06. The Labute approximate surface area is 91.8 Å². The van der Waals surface area contributed by atoms with Gasteiger partial charge in [-0.05, 0) is 25.7 Å². The largest absolute Gasteiger partial charge is 0.463 e. The smallest absolute Gasteiger partial charge is 0.118 e. The highest BCUT2D eigenvalue weighted by Gasteiger charge is 2.05. The van der Waals surface area contributed by atoms with Crippen molar-refractivity contribution in [2.45, 2.75) is 20.0 Å². The highest BCUT2D eigenvalue weighted by atomic mass is 16.3. The van der Waals surface area contributed by atoms with Gasteiger partial charge in [0.15, 0.2) is 0 Å². The molecule has 0 fully saturated rings. The molecule has 0 aliphatic rings. The fourth-order valence-electron chi connectivity index (χ4n) is 1.48. The van der Waals surface area contributed by atoms with Gasteiger partial charge in [-0.1, -0.05) is 13.0 Å². The first kappa shape index (κ1) is 12.0. The maximum atomic E-state index is 5.66. The van der Waals surface area contributed by atoms with E-state index in [0.717, 1.165) is 37.7 Å². The number of furan rings is 1. The van der Waals surface area contributed by atoms with Crippen LogP contribution in [-0.2, 0) is 13.1 Å². The van der Waals surface area contributed by atoms with E-state index in [2.05, 4.69) is 23.7 Å². The summed E-state index contributed by atoms with van der Waals surface area (Å²) in [7, 11) is 1.91. The second-order valence-corrected chi connectivity index (χ2v) is 3.51. The number of hydrogen-bond acceptors (Lipinski definition) is 3. The van der Waals surface area contributed by atoms with Crippen LogP contribution >= 0.6 is 0 Å². The lowest BCUT2D eigenvalue weighted by atomic mass is 10.3. The summed E-state index contributed by atoms with van der Waals surface area (Å²) < 4.78 is 5.66. The molecule has 0 radical (unpaired) electrons. The van der Waals surface area contributed by atoms with E-state index >= 15 is 0 Å². The number of nitrogens with zero attached hydrogens (tertiary/aromatic N) is 1. The van der Waals surface area contributed by atoms with Crippen LogP contribution in [0.1, 0.15) is 18.4 Å². The minimum absolute atomic E-state index is 0.785. The van der Waals surface area contributed by atoms with E-state index in [1.165, 1.54) is 0 Å². The molecule has 0 aliphatic heterocycles. The molecule has 0 atom stereocenters. The van der Waals surface area contributed by atoms with Crippen molar-refractivity contribution in [1.82, 2.24) is 10.2 Å². The quantitative estimate of drug-likeness (QED) is 0.695. The number of nitrogens with one attached hydrogen (secondary N) is 1. The number of likely N-dealkylation sites (N-methyl/N-ethyl adjacent to an activating group) is 1. The Morgan fingerprint density at radius 3 is 2.80 bits per heavy atom. The minimum Gasteiger partial charge on any atom is -0.463 e. The molecule has 0 bridgehead atoms. The monoisotopic (exact) mass is 208 g/mol. The minimum atomic E-state index is 0.785. The van der Waals surface area contributed by atoms with Gasteiger partial charge >= 0.3 is 0 Å². The highest BCUT2D eigenvalue weighted by Crippen LogP contribution is 2.10. The molecular formula is C12H20N2O. The molecule has 1 aromatic rings. The van der Waals surface area contributed by atoms with Crippen molar-refractivity contribution < 1.29 is 4.42 Å². The molecule has 84 valence electrons. The molecule has 0 aliphatic carbocycles. The molecule has 1 heterocycles. The topological polar surface area (TPSA) is 28.4 Å². The Bertz CT molecular complexity index is 294. The molecule has 1 N–H and O–H groups in total. The van der Waals surface area contributed by atoms with E-state index in [-0.39, 0.29) is 0 Å². The second kappa shape index (κ2) is 6.43. The average molecular weight is 208 g/mol. The van der Waals surface area contributed by atoms with Crippen molar-refractivity contribution in [2.24, 2.45) is 0 Å². The van der Waals surface area contributed by atoms with Gasteiger partial charge in [0.1, 0.15) is 11.5 Å². The van der Waals surface area contributed by atoms with Crippen LogP contribution in [-0.4, -0.2) is 25.0 Å². The lowest BCUT2D eigenvalue weighted by Crippen LogP contribution is -2.22. The van der Waals surface area contributed by atoms with Crippen LogP contribution in [0, 0.1) is 0 Å². The van der Waals surface area contributed by atoms with Crippen LogP contribution in [0.25, 0.3) is 0 Å². The maximum absolute atomic E-state index is 5.66. The van der Waals surface area contributed by atoms with E-state index in [9.17, 15) is 0 Å². The van der Waals surface area contributed by atoms with E-state index in [0.29, 0.717) is 0 Å². The zero-order valence-corrected chi connectivity index (χ0v) is 9.62. The van der Waals surface area contributed by atoms with Crippen LogP contribution in [0.5, 0.6) is 0 Å². The molecule has 1 aromatic heterocycles. The summed E-state index contributed by atoms with van der Waals surface area (Å²) >= 11 is 0. The summed E-state index contributed by atoms with van der Waals surface area (Å²) in [5.74, 6) is 2.01.